The van der Waals surface area contributed by atoms with E-state index in [2.05, 4.69) is 5.32 Å². The van der Waals surface area contributed by atoms with E-state index in [-0.39, 0.29) is 5.56 Å². The Bertz CT molecular complexity index is 389. The van der Waals surface area contributed by atoms with Crippen molar-refractivity contribution >= 4 is 11.6 Å². The summed E-state index contributed by atoms with van der Waals surface area (Å²) in [5, 5.41) is 2.30. The molecule has 0 spiro atoms. The van der Waals surface area contributed by atoms with Gasteiger partial charge in [-0.2, -0.15) is 0 Å². The summed E-state index contributed by atoms with van der Waals surface area (Å²) >= 11 is 5.39. The highest BCUT2D eigenvalue weighted by atomic mass is 35.5. The second-order valence-corrected chi connectivity index (χ2v) is 3.91. The van der Waals surface area contributed by atoms with Gasteiger partial charge in [-0.15, -0.1) is 0 Å². The minimum Gasteiger partial charge on any atom is -0.310 e. The molecule has 2 rings (SSSR count). The number of halogens is 4. The standard InChI is InChI=1S/C10H9ClF3N/c11-9-6(13)4-5(12)8(10(9)14)7-2-1-3-15-7/h4,7,15H,1-3H2/t7-/m1/s1. The molecule has 1 aliphatic heterocycles. The fourth-order valence-corrected chi connectivity index (χ4v) is 1.99. The molecule has 1 heterocycles. The maximum atomic E-state index is 13.5. The van der Waals surface area contributed by atoms with Crippen molar-refractivity contribution in [3.8, 4) is 0 Å². The zero-order valence-electron chi connectivity index (χ0n) is 7.79. The Balaban J connectivity index is 2.50. The van der Waals surface area contributed by atoms with Crippen LogP contribution in [0.4, 0.5) is 13.2 Å². The lowest BCUT2D eigenvalue weighted by atomic mass is 10.0. The van der Waals surface area contributed by atoms with E-state index in [4.69, 9.17) is 11.6 Å². The monoisotopic (exact) mass is 235 g/mol. The second-order valence-electron chi connectivity index (χ2n) is 3.53. The summed E-state index contributed by atoms with van der Waals surface area (Å²) in [5.41, 5.74) is -0.154. The Hall–Kier alpha value is -0.740. The van der Waals surface area contributed by atoms with Crippen molar-refractivity contribution in [2.45, 2.75) is 18.9 Å². The van der Waals surface area contributed by atoms with Crippen LogP contribution >= 0.6 is 11.6 Å². The van der Waals surface area contributed by atoms with E-state index < -0.39 is 28.5 Å². The molecule has 0 saturated carbocycles. The van der Waals surface area contributed by atoms with Crippen LogP contribution in [-0.4, -0.2) is 6.54 Å². The zero-order valence-corrected chi connectivity index (χ0v) is 8.54. The molecule has 0 radical (unpaired) electrons. The van der Waals surface area contributed by atoms with E-state index in [1.165, 1.54) is 0 Å². The lowest BCUT2D eigenvalue weighted by Gasteiger charge is -2.13. The summed E-state index contributed by atoms with van der Waals surface area (Å²) in [6.07, 6.45) is 1.48. The number of benzene rings is 1. The first-order chi connectivity index (χ1) is 7.11. The molecular formula is C10H9ClF3N. The summed E-state index contributed by atoms with van der Waals surface area (Å²) in [6.45, 7) is 0.707. The SMILES string of the molecule is Fc1cc(F)c([C@H]2CCCN2)c(F)c1Cl. The van der Waals surface area contributed by atoms with E-state index in [0.29, 0.717) is 19.0 Å². The molecule has 0 unspecified atom stereocenters. The molecule has 1 aromatic carbocycles. The first-order valence-corrected chi connectivity index (χ1v) is 5.05. The minimum atomic E-state index is -1.06. The molecule has 0 amide bonds. The first-order valence-electron chi connectivity index (χ1n) is 4.67. The molecule has 82 valence electrons. The average molecular weight is 236 g/mol. The average Bonchev–Trinajstić information content (AvgIpc) is 2.68. The summed E-state index contributed by atoms with van der Waals surface area (Å²) < 4.78 is 39.8. The zero-order chi connectivity index (χ0) is 11.0. The molecule has 1 aromatic rings. The highest BCUT2D eigenvalue weighted by Gasteiger charge is 2.26. The van der Waals surface area contributed by atoms with Crippen LogP contribution < -0.4 is 5.32 Å². The van der Waals surface area contributed by atoms with Gasteiger partial charge in [0.1, 0.15) is 16.7 Å². The Labute approximate surface area is 90.2 Å². The van der Waals surface area contributed by atoms with Gasteiger partial charge in [-0.05, 0) is 19.4 Å². The number of hydrogen-bond acceptors (Lipinski definition) is 1. The van der Waals surface area contributed by atoms with Crippen molar-refractivity contribution in [3.05, 3.63) is 34.1 Å². The van der Waals surface area contributed by atoms with E-state index in [9.17, 15) is 13.2 Å². The van der Waals surface area contributed by atoms with Crippen molar-refractivity contribution in [2.24, 2.45) is 0 Å². The lowest BCUT2D eigenvalue weighted by molar-refractivity contribution is 0.489. The normalized spacial score (nSPS) is 20.9. The third-order valence-corrected chi connectivity index (χ3v) is 2.90. The van der Waals surface area contributed by atoms with Crippen molar-refractivity contribution in [3.63, 3.8) is 0 Å². The maximum Gasteiger partial charge on any atom is 0.152 e. The van der Waals surface area contributed by atoms with Gasteiger partial charge >= 0.3 is 0 Å². The smallest absolute Gasteiger partial charge is 0.152 e. The Morgan fingerprint density at radius 1 is 1.27 bits per heavy atom. The van der Waals surface area contributed by atoms with Crippen LogP contribution in [-0.2, 0) is 0 Å². The van der Waals surface area contributed by atoms with Crippen molar-refractivity contribution in [2.75, 3.05) is 6.54 Å². The second kappa shape index (κ2) is 4.02. The molecule has 1 fully saturated rings. The van der Waals surface area contributed by atoms with E-state index >= 15 is 0 Å². The summed E-state index contributed by atoms with van der Waals surface area (Å²) in [4.78, 5) is 0. The largest absolute Gasteiger partial charge is 0.310 e. The minimum absolute atomic E-state index is 0.154. The summed E-state index contributed by atoms with van der Waals surface area (Å²) in [7, 11) is 0. The molecule has 0 bridgehead atoms. The van der Waals surface area contributed by atoms with Crippen LogP contribution in [0.25, 0.3) is 0 Å². The van der Waals surface area contributed by atoms with Gasteiger partial charge in [-0.25, -0.2) is 13.2 Å². The predicted molar refractivity (Wildman–Crippen MR) is 51.3 cm³/mol. The van der Waals surface area contributed by atoms with Crippen molar-refractivity contribution in [1.82, 2.24) is 5.32 Å². The van der Waals surface area contributed by atoms with Gasteiger partial charge in [0, 0.05) is 17.7 Å². The van der Waals surface area contributed by atoms with E-state index in [1.54, 1.807) is 0 Å². The van der Waals surface area contributed by atoms with Gasteiger partial charge in [0.15, 0.2) is 5.82 Å². The van der Waals surface area contributed by atoms with E-state index in [0.717, 1.165) is 6.42 Å². The Kier molecular flexibility index (Phi) is 2.89. The maximum absolute atomic E-state index is 13.5. The van der Waals surface area contributed by atoms with Gasteiger partial charge < -0.3 is 5.32 Å². The topological polar surface area (TPSA) is 12.0 Å². The van der Waals surface area contributed by atoms with Crippen LogP contribution in [0.2, 0.25) is 5.02 Å². The third kappa shape index (κ3) is 1.84. The Morgan fingerprint density at radius 3 is 2.60 bits per heavy atom. The van der Waals surface area contributed by atoms with Crippen molar-refractivity contribution < 1.29 is 13.2 Å². The molecule has 0 aromatic heterocycles. The lowest BCUT2D eigenvalue weighted by Crippen LogP contribution is -2.16. The van der Waals surface area contributed by atoms with Gasteiger partial charge in [0.2, 0.25) is 0 Å². The van der Waals surface area contributed by atoms with Gasteiger partial charge in [0.05, 0.1) is 0 Å². The summed E-state index contributed by atoms with van der Waals surface area (Å²) in [6, 6.07) is 0.226. The molecule has 1 atom stereocenters. The van der Waals surface area contributed by atoms with Crippen LogP contribution in [0.1, 0.15) is 24.4 Å². The van der Waals surface area contributed by atoms with E-state index in [1.807, 2.05) is 0 Å². The molecule has 5 heteroatoms. The van der Waals surface area contributed by atoms with Crippen LogP contribution in [0.15, 0.2) is 6.07 Å². The Morgan fingerprint density at radius 2 is 2.00 bits per heavy atom. The first kappa shape index (κ1) is 10.8. The molecule has 1 nitrogen and oxygen atoms in total. The highest BCUT2D eigenvalue weighted by molar-refractivity contribution is 6.30. The quantitative estimate of drug-likeness (QED) is 0.582. The number of rotatable bonds is 1. The molecule has 1 aliphatic rings. The molecule has 1 saturated heterocycles. The van der Waals surface area contributed by atoms with Gasteiger partial charge in [-0.1, -0.05) is 11.6 Å². The molecular weight excluding hydrogens is 227 g/mol. The molecule has 0 aliphatic carbocycles. The van der Waals surface area contributed by atoms with Crippen LogP contribution in [0.5, 0.6) is 0 Å². The summed E-state index contributed by atoms with van der Waals surface area (Å²) in [5.74, 6) is -2.93. The molecule has 1 N–H and O–H groups in total. The van der Waals surface area contributed by atoms with Gasteiger partial charge in [0.25, 0.3) is 0 Å². The number of nitrogens with one attached hydrogen (secondary N) is 1. The molecule has 15 heavy (non-hydrogen) atoms. The number of hydrogen-bond donors (Lipinski definition) is 1. The van der Waals surface area contributed by atoms with Crippen LogP contribution in [0, 0.1) is 17.5 Å². The predicted octanol–water partition coefficient (Wildman–Crippen LogP) is 3.18. The van der Waals surface area contributed by atoms with Gasteiger partial charge in [-0.3, -0.25) is 0 Å². The highest BCUT2D eigenvalue weighted by Crippen LogP contribution is 2.32. The van der Waals surface area contributed by atoms with Crippen LogP contribution in [0.3, 0.4) is 0 Å². The fourth-order valence-electron chi connectivity index (χ4n) is 1.83. The van der Waals surface area contributed by atoms with Crippen molar-refractivity contribution in [1.29, 1.82) is 0 Å². The third-order valence-electron chi connectivity index (χ3n) is 2.56. The fraction of sp³-hybridized carbons (Fsp3) is 0.400.